The minimum absolute atomic E-state index is 0.620. The monoisotopic (exact) mass is 276 g/mol. The molecule has 2 unspecified atom stereocenters. The third-order valence-electron chi connectivity index (χ3n) is 4.02. The zero-order chi connectivity index (χ0) is 14.4. The smallest absolute Gasteiger partial charge is 0.119 e. The van der Waals surface area contributed by atoms with E-state index in [0.29, 0.717) is 12.1 Å². The molecule has 1 aromatic rings. The molecule has 1 aliphatic rings. The predicted molar refractivity (Wildman–Crippen MR) is 84.4 cm³/mol. The van der Waals surface area contributed by atoms with Gasteiger partial charge in [-0.3, -0.25) is 4.90 Å². The van der Waals surface area contributed by atoms with Crippen LogP contribution in [0.3, 0.4) is 0 Å². The molecule has 0 aromatic heterocycles. The van der Waals surface area contributed by atoms with Crippen LogP contribution in [0.15, 0.2) is 24.3 Å². The fourth-order valence-corrected chi connectivity index (χ4v) is 2.65. The molecule has 112 valence electrons. The van der Waals surface area contributed by atoms with Crippen LogP contribution in [0.1, 0.15) is 32.3 Å². The largest absolute Gasteiger partial charge is 0.494 e. The molecular formula is C17H28N2O. The van der Waals surface area contributed by atoms with Gasteiger partial charge in [-0.15, -0.1) is 0 Å². The Morgan fingerprint density at radius 3 is 2.70 bits per heavy atom. The summed E-state index contributed by atoms with van der Waals surface area (Å²) in [5.74, 6) is 0.986. The molecule has 2 rings (SSSR count). The first-order chi connectivity index (χ1) is 9.65. The van der Waals surface area contributed by atoms with Gasteiger partial charge in [-0.05, 0) is 52.3 Å². The van der Waals surface area contributed by atoms with E-state index in [-0.39, 0.29) is 0 Å². The number of nitrogens with zero attached hydrogens (tertiary/aromatic N) is 1. The van der Waals surface area contributed by atoms with Crippen molar-refractivity contribution < 1.29 is 4.74 Å². The van der Waals surface area contributed by atoms with Gasteiger partial charge >= 0.3 is 0 Å². The number of nitrogens with one attached hydrogen (secondary N) is 1. The number of ether oxygens (including phenoxy) is 1. The standard InChI is InChI=1S/C17H28N2O/c1-14-6-8-17(9-7-14)20-11-5-4-10-19-13-15(2)18-12-16(19)3/h6-9,15-16,18H,4-5,10-13H2,1-3H3. The van der Waals surface area contributed by atoms with E-state index in [1.165, 1.54) is 25.1 Å². The zero-order valence-corrected chi connectivity index (χ0v) is 13.1. The lowest BCUT2D eigenvalue weighted by atomic mass is 10.1. The van der Waals surface area contributed by atoms with Crippen LogP contribution in [0.5, 0.6) is 5.75 Å². The molecule has 1 fully saturated rings. The van der Waals surface area contributed by atoms with E-state index in [4.69, 9.17) is 4.74 Å². The molecule has 0 amide bonds. The van der Waals surface area contributed by atoms with Gasteiger partial charge in [0.05, 0.1) is 6.61 Å². The Hall–Kier alpha value is -1.06. The van der Waals surface area contributed by atoms with Gasteiger partial charge in [0.2, 0.25) is 0 Å². The molecule has 0 spiro atoms. The van der Waals surface area contributed by atoms with Crippen LogP contribution in [-0.2, 0) is 0 Å². The van der Waals surface area contributed by atoms with E-state index >= 15 is 0 Å². The van der Waals surface area contributed by atoms with Crippen LogP contribution in [0.2, 0.25) is 0 Å². The number of hydrogen-bond acceptors (Lipinski definition) is 3. The van der Waals surface area contributed by atoms with E-state index in [0.717, 1.165) is 25.3 Å². The predicted octanol–water partition coefficient (Wildman–Crippen LogP) is 2.84. The van der Waals surface area contributed by atoms with Gasteiger partial charge < -0.3 is 10.1 Å². The van der Waals surface area contributed by atoms with E-state index < -0.39 is 0 Å². The van der Waals surface area contributed by atoms with Crippen molar-refractivity contribution in [2.75, 3.05) is 26.2 Å². The van der Waals surface area contributed by atoms with Crippen LogP contribution >= 0.6 is 0 Å². The first kappa shape index (κ1) is 15.3. The first-order valence-electron chi connectivity index (χ1n) is 7.82. The summed E-state index contributed by atoms with van der Waals surface area (Å²) in [5.41, 5.74) is 1.28. The fourth-order valence-electron chi connectivity index (χ4n) is 2.65. The molecule has 1 heterocycles. The van der Waals surface area contributed by atoms with Gasteiger partial charge in [0.25, 0.3) is 0 Å². The van der Waals surface area contributed by atoms with Gasteiger partial charge in [0.15, 0.2) is 0 Å². The number of benzene rings is 1. The summed E-state index contributed by atoms with van der Waals surface area (Å²) in [5, 5.41) is 3.52. The molecule has 20 heavy (non-hydrogen) atoms. The van der Waals surface area contributed by atoms with Gasteiger partial charge in [-0.25, -0.2) is 0 Å². The molecule has 2 atom stereocenters. The fraction of sp³-hybridized carbons (Fsp3) is 0.647. The molecule has 1 N–H and O–H groups in total. The van der Waals surface area contributed by atoms with Crippen molar-refractivity contribution in [3.63, 3.8) is 0 Å². The number of piperazine rings is 1. The maximum atomic E-state index is 5.77. The Labute approximate surface area is 123 Å². The summed E-state index contributed by atoms with van der Waals surface area (Å²) in [6, 6.07) is 9.57. The average molecular weight is 276 g/mol. The minimum Gasteiger partial charge on any atom is -0.494 e. The molecule has 1 aromatic carbocycles. The Morgan fingerprint density at radius 1 is 1.20 bits per heavy atom. The summed E-state index contributed by atoms with van der Waals surface area (Å²) >= 11 is 0. The Morgan fingerprint density at radius 2 is 1.95 bits per heavy atom. The quantitative estimate of drug-likeness (QED) is 0.809. The van der Waals surface area contributed by atoms with Crippen LogP contribution < -0.4 is 10.1 Å². The van der Waals surface area contributed by atoms with Gasteiger partial charge in [0, 0.05) is 25.2 Å². The Kier molecular flexibility index (Phi) is 5.86. The van der Waals surface area contributed by atoms with Crippen molar-refractivity contribution in [2.45, 2.75) is 45.7 Å². The third kappa shape index (κ3) is 4.80. The molecule has 1 saturated heterocycles. The van der Waals surface area contributed by atoms with Crippen LogP contribution in [-0.4, -0.2) is 43.2 Å². The van der Waals surface area contributed by atoms with E-state index in [1.807, 2.05) is 0 Å². The molecule has 0 saturated carbocycles. The van der Waals surface area contributed by atoms with Crippen molar-refractivity contribution in [1.29, 1.82) is 0 Å². The topological polar surface area (TPSA) is 24.5 Å². The van der Waals surface area contributed by atoms with E-state index in [9.17, 15) is 0 Å². The highest BCUT2D eigenvalue weighted by atomic mass is 16.5. The zero-order valence-electron chi connectivity index (χ0n) is 13.1. The van der Waals surface area contributed by atoms with Gasteiger partial charge in [-0.1, -0.05) is 17.7 Å². The van der Waals surface area contributed by atoms with Crippen molar-refractivity contribution in [3.8, 4) is 5.75 Å². The molecular weight excluding hydrogens is 248 g/mol. The summed E-state index contributed by atoms with van der Waals surface area (Å²) in [6.45, 7) is 10.9. The molecule has 0 bridgehead atoms. The minimum atomic E-state index is 0.620. The lowest BCUT2D eigenvalue weighted by Crippen LogP contribution is -2.54. The SMILES string of the molecule is Cc1ccc(OCCCCN2CC(C)NCC2C)cc1. The van der Waals surface area contributed by atoms with Crippen LogP contribution in [0.4, 0.5) is 0 Å². The number of aryl methyl sites for hydroxylation is 1. The number of hydrogen-bond donors (Lipinski definition) is 1. The third-order valence-corrected chi connectivity index (χ3v) is 4.02. The Balaban J connectivity index is 1.60. The summed E-state index contributed by atoms with van der Waals surface area (Å²) < 4.78 is 5.77. The highest BCUT2D eigenvalue weighted by Gasteiger charge is 2.21. The normalized spacial score (nSPS) is 23.8. The maximum Gasteiger partial charge on any atom is 0.119 e. The van der Waals surface area contributed by atoms with Crippen LogP contribution in [0, 0.1) is 6.92 Å². The highest BCUT2D eigenvalue weighted by Crippen LogP contribution is 2.12. The number of rotatable bonds is 6. The highest BCUT2D eigenvalue weighted by molar-refractivity contribution is 5.26. The second kappa shape index (κ2) is 7.65. The summed E-state index contributed by atoms with van der Waals surface area (Å²) in [4.78, 5) is 2.59. The Bertz CT molecular complexity index is 390. The van der Waals surface area contributed by atoms with Crippen molar-refractivity contribution in [2.24, 2.45) is 0 Å². The average Bonchev–Trinajstić information content (AvgIpc) is 2.44. The number of unbranched alkanes of at least 4 members (excludes halogenated alkanes) is 1. The van der Waals surface area contributed by atoms with E-state index in [2.05, 4.69) is 55.3 Å². The van der Waals surface area contributed by atoms with Crippen molar-refractivity contribution in [1.82, 2.24) is 10.2 Å². The molecule has 1 aliphatic heterocycles. The van der Waals surface area contributed by atoms with Gasteiger partial charge in [-0.2, -0.15) is 0 Å². The summed E-state index contributed by atoms with van der Waals surface area (Å²) in [6.07, 6.45) is 2.34. The first-order valence-corrected chi connectivity index (χ1v) is 7.82. The van der Waals surface area contributed by atoms with E-state index in [1.54, 1.807) is 0 Å². The second-order valence-electron chi connectivity index (χ2n) is 6.02. The lowest BCUT2D eigenvalue weighted by Gasteiger charge is -2.37. The maximum absolute atomic E-state index is 5.77. The molecule has 3 heteroatoms. The summed E-state index contributed by atoms with van der Waals surface area (Å²) in [7, 11) is 0. The lowest BCUT2D eigenvalue weighted by molar-refractivity contribution is 0.141. The van der Waals surface area contributed by atoms with Crippen molar-refractivity contribution >= 4 is 0 Å². The molecule has 3 nitrogen and oxygen atoms in total. The molecule has 0 radical (unpaired) electrons. The molecule has 0 aliphatic carbocycles. The second-order valence-corrected chi connectivity index (χ2v) is 6.02. The van der Waals surface area contributed by atoms with Crippen LogP contribution in [0.25, 0.3) is 0 Å². The van der Waals surface area contributed by atoms with Gasteiger partial charge in [0.1, 0.15) is 5.75 Å². The van der Waals surface area contributed by atoms with Crippen molar-refractivity contribution in [3.05, 3.63) is 29.8 Å².